The maximum Gasteiger partial charge on any atom is 0.304 e. The van der Waals surface area contributed by atoms with E-state index in [1.165, 1.54) is 122 Å². The number of rotatable bonds is 20. The van der Waals surface area contributed by atoms with E-state index < -0.39 is 11.4 Å². The molecule has 3 nitrogen and oxygen atoms in total. The lowest BCUT2D eigenvalue weighted by molar-refractivity contribution is 0.189. The van der Waals surface area contributed by atoms with Crippen LogP contribution in [0.4, 0.5) is 0 Å². The molecule has 0 radical (unpaired) electrons. The number of hydrogen-bond donors (Lipinski definition) is 0. The molecule has 1 fully saturated rings. The first-order valence-electron chi connectivity index (χ1n) is 12.5. The molecular formula is C24H48O3S. The van der Waals surface area contributed by atoms with Crippen molar-refractivity contribution in [1.29, 1.82) is 0 Å². The molecule has 4 heteroatoms. The van der Waals surface area contributed by atoms with Gasteiger partial charge in [0.15, 0.2) is 0 Å². The summed E-state index contributed by atoms with van der Waals surface area (Å²) in [7, 11) is 0. The van der Waals surface area contributed by atoms with E-state index in [4.69, 9.17) is 8.37 Å². The van der Waals surface area contributed by atoms with Crippen LogP contribution in [-0.4, -0.2) is 17.4 Å². The summed E-state index contributed by atoms with van der Waals surface area (Å²) in [5.41, 5.74) is 0. The molecule has 0 amide bonds. The zero-order valence-electron chi connectivity index (χ0n) is 18.8. The first-order valence-corrected chi connectivity index (χ1v) is 13.5. The van der Waals surface area contributed by atoms with Gasteiger partial charge in [0, 0.05) is 0 Å². The van der Waals surface area contributed by atoms with Crippen LogP contribution in [0, 0.1) is 5.92 Å². The van der Waals surface area contributed by atoms with Crippen molar-refractivity contribution in [3.63, 3.8) is 0 Å². The van der Waals surface area contributed by atoms with Gasteiger partial charge >= 0.3 is 11.4 Å². The molecule has 1 saturated carbocycles. The SMILES string of the molecule is CCCCCCCCCCCCCCCCCOS(=O)OCC1CCCCC1. The first kappa shape index (κ1) is 26.1. The van der Waals surface area contributed by atoms with E-state index in [9.17, 15) is 4.21 Å². The second-order valence-corrected chi connectivity index (χ2v) is 9.64. The first-order chi connectivity index (χ1) is 13.8. The van der Waals surface area contributed by atoms with Crippen LogP contribution in [0.2, 0.25) is 0 Å². The molecule has 168 valence electrons. The predicted molar refractivity (Wildman–Crippen MR) is 122 cm³/mol. The van der Waals surface area contributed by atoms with Crippen molar-refractivity contribution in [3.05, 3.63) is 0 Å². The standard InChI is InChI=1S/C24H48O3S/c1-2-3-4-5-6-7-8-9-10-11-12-13-14-15-19-22-26-28(25)27-23-24-20-17-16-18-21-24/h24H,2-23H2,1H3. The molecule has 0 heterocycles. The van der Waals surface area contributed by atoms with Crippen molar-refractivity contribution in [2.45, 2.75) is 135 Å². The largest absolute Gasteiger partial charge is 0.304 e. The fourth-order valence-electron chi connectivity index (χ4n) is 4.14. The lowest BCUT2D eigenvalue weighted by Crippen LogP contribution is -2.15. The number of hydrogen-bond acceptors (Lipinski definition) is 3. The van der Waals surface area contributed by atoms with Crippen LogP contribution in [0.1, 0.15) is 135 Å². The molecule has 0 spiro atoms. The maximum absolute atomic E-state index is 11.7. The topological polar surface area (TPSA) is 35.5 Å². The molecule has 1 rings (SSSR count). The molecule has 0 saturated heterocycles. The maximum atomic E-state index is 11.7. The minimum absolute atomic E-state index is 0.565. The van der Waals surface area contributed by atoms with Crippen molar-refractivity contribution in [2.75, 3.05) is 13.2 Å². The second-order valence-electron chi connectivity index (χ2n) is 8.76. The molecule has 0 aromatic heterocycles. The van der Waals surface area contributed by atoms with Crippen molar-refractivity contribution in [3.8, 4) is 0 Å². The lowest BCUT2D eigenvalue weighted by Gasteiger charge is -2.20. The Morgan fingerprint density at radius 1 is 0.643 bits per heavy atom. The Kier molecular flexibility index (Phi) is 19.0. The van der Waals surface area contributed by atoms with Crippen molar-refractivity contribution >= 4 is 11.4 Å². The summed E-state index contributed by atoms with van der Waals surface area (Å²) < 4.78 is 22.4. The fourth-order valence-corrected chi connectivity index (χ4v) is 4.77. The van der Waals surface area contributed by atoms with Gasteiger partial charge in [0.05, 0.1) is 13.2 Å². The van der Waals surface area contributed by atoms with Gasteiger partial charge in [-0.15, -0.1) is 0 Å². The van der Waals surface area contributed by atoms with Crippen molar-refractivity contribution in [2.24, 2.45) is 5.92 Å². The van der Waals surface area contributed by atoms with Crippen LogP contribution in [0.3, 0.4) is 0 Å². The number of unbranched alkanes of at least 4 members (excludes halogenated alkanes) is 14. The minimum atomic E-state index is -1.54. The normalized spacial score (nSPS) is 16.5. The summed E-state index contributed by atoms with van der Waals surface area (Å²) in [4.78, 5) is 0. The Balaban J connectivity index is 1.72. The summed E-state index contributed by atoms with van der Waals surface area (Å²) in [6.45, 7) is 3.45. The molecule has 1 aliphatic rings. The summed E-state index contributed by atoms with van der Waals surface area (Å²) in [5, 5.41) is 0. The van der Waals surface area contributed by atoms with Gasteiger partial charge in [0.2, 0.25) is 0 Å². The Hall–Kier alpha value is 0.0700. The minimum Gasteiger partial charge on any atom is -0.268 e. The average molecular weight is 417 g/mol. The van der Waals surface area contributed by atoms with Gasteiger partial charge in [0.25, 0.3) is 0 Å². The van der Waals surface area contributed by atoms with E-state index in [-0.39, 0.29) is 0 Å². The van der Waals surface area contributed by atoms with Gasteiger partial charge < -0.3 is 0 Å². The monoisotopic (exact) mass is 416 g/mol. The molecule has 1 aliphatic carbocycles. The van der Waals surface area contributed by atoms with E-state index >= 15 is 0 Å². The van der Waals surface area contributed by atoms with Gasteiger partial charge in [-0.1, -0.05) is 116 Å². The van der Waals surface area contributed by atoms with Crippen LogP contribution in [-0.2, 0) is 19.7 Å². The van der Waals surface area contributed by atoms with Crippen LogP contribution in [0.5, 0.6) is 0 Å². The predicted octanol–water partition coefficient (Wildman–Crippen LogP) is 8.05. The highest BCUT2D eigenvalue weighted by Gasteiger charge is 2.15. The molecule has 0 aromatic rings. The quantitative estimate of drug-likeness (QED) is 0.188. The average Bonchev–Trinajstić information content (AvgIpc) is 2.72. The van der Waals surface area contributed by atoms with Crippen molar-refractivity contribution in [1.82, 2.24) is 0 Å². The van der Waals surface area contributed by atoms with E-state index in [0.717, 1.165) is 6.42 Å². The van der Waals surface area contributed by atoms with Gasteiger partial charge in [-0.25, -0.2) is 0 Å². The summed E-state index contributed by atoms with van der Waals surface area (Å²) >= 11 is -1.54. The highest BCUT2D eigenvalue weighted by Crippen LogP contribution is 2.24. The highest BCUT2D eigenvalue weighted by atomic mass is 32.2. The fraction of sp³-hybridized carbons (Fsp3) is 1.00. The molecule has 0 aliphatic heterocycles. The third-order valence-corrected chi connectivity index (χ3v) is 6.74. The summed E-state index contributed by atoms with van der Waals surface area (Å²) in [6, 6.07) is 0. The van der Waals surface area contributed by atoms with E-state index in [0.29, 0.717) is 19.1 Å². The smallest absolute Gasteiger partial charge is 0.268 e. The van der Waals surface area contributed by atoms with E-state index in [1.54, 1.807) is 0 Å². The molecule has 1 unspecified atom stereocenters. The van der Waals surface area contributed by atoms with E-state index in [1.807, 2.05) is 0 Å². The van der Waals surface area contributed by atoms with Crippen LogP contribution < -0.4 is 0 Å². The van der Waals surface area contributed by atoms with Gasteiger partial charge in [-0.05, 0) is 25.2 Å². The zero-order valence-corrected chi connectivity index (χ0v) is 19.6. The van der Waals surface area contributed by atoms with Gasteiger partial charge in [0.1, 0.15) is 0 Å². The molecular weight excluding hydrogens is 368 g/mol. The Morgan fingerprint density at radius 2 is 1.11 bits per heavy atom. The molecule has 0 aromatic carbocycles. The van der Waals surface area contributed by atoms with Gasteiger partial charge in [-0.3, -0.25) is 8.37 Å². The Labute approximate surface area is 178 Å². The Morgan fingerprint density at radius 3 is 1.61 bits per heavy atom. The molecule has 0 bridgehead atoms. The third-order valence-electron chi connectivity index (χ3n) is 6.05. The zero-order chi connectivity index (χ0) is 20.1. The van der Waals surface area contributed by atoms with Gasteiger partial charge in [-0.2, -0.15) is 4.21 Å². The van der Waals surface area contributed by atoms with Crippen LogP contribution in [0.25, 0.3) is 0 Å². The molecule has 28 heavy (non-hydrogen) atoms. The van der Waals surface area contributed by atoms with Crippen LogP contribution >= 0.6 is 0 Å². The summed E-state index contributed by atoms with van der Waals surface area (Å²) in [6.07, 6.45) is 26.7. The third kappa shape index (κ3) is 17.0. The van der Waals surface area contributed by atoms with E-state index in [2.05, 4.69) is 6.92 Å². The lowest BCUT2D eigenvalue weighted by atomic mass is 9.90. The summed E-state index contributed by atoms with van der Waals surface area (Å²) in [5.74, 6) is 0.590. The van der Waals surface area contributed by atoms with Crippen molar-refractivity contribution < 1.29 is 12.6 Å². The second kappa shape index (κ2) is 20.3. The molecule has 1 atom stereocenters. The highest BCUT2D eigenvalue weighted by molar-refractivity contribution is 7.75. The Bertz CT molecular complexity index is 343. The molecule has 0 N–H and O–H groups in total. The van der Waals surface area contributed by atoms with Crippen LogP contribution in [0.15, 0.2) is 0 Å².